The van der Waals surface area contributed by atoms with E-state index in [1.807, 2.05) is 38.1 Å². The number of carbonyl (C=O) groups is 3. The van der Waals surface area contributed by atoms with Crippen molar-refractivity contribution in [2.24, 2.45) is 0 Å². The largest absolute Gasteiger partial charge is 0.486 e. The average Bonchev–Trinajstić information content (AvgIpc) is 3.29. The molecule has 3 heterocycles. The lowest BCUT2D eigenvalue weighted by molar-refractivity contribution is -0.130. The fourth-order valence-corrected chi connectivity index (χ4v) is 4.93. The van der Waals surface area contributed by atoms with E-state index in [4.69, 9.17) is 9.47 Å². The van der Waals surface area contributed by atoms with Gasteiger partial charge >= 0.3 is 6.03 Å². The first-order valence-corrected chi connectivity index (χ1v) is 12.1. The highest BCUT2D eigenvalue weighted by atomic mass is 16.6. The fraction of sp³-hybridized carbons (Fsp3) is 0.321. The molecule has 1 atom stereocenters. The summed E-state index contributed by atoms with van der Waals surface area (Å²) < 4.78 is 13.3. The van der Waals surface area contributed by atoms with Crippen LogP contribution in [-0.4, -0.2) is 46.9 Å². The maximum absolute atomic E-state index is 13.4. The Bertz CT molecular complexity index is 1350. The normalized spacial score (nSPS) is 18.9. The van der Waals surface area contributed by atoms with Crippen molar-refractivity contribution in [1.82, 2.24) is 14.8 Å². The van der Waals surface area contributed by atoms with Gasteiger partial charge in [0, 0.05) is 23.5 Å². The van der Waals surface area contributed by atoms with Gasteiger partial charge < -0.3 is 19.4 Å². The zero-order chi connectivity index (χ0) is 25.4. The molecule has 3 amide bonds. The molecule has 36 heavy (non-hydrogen) atoms. The van der Waals surface area contributed by atoms with Crippen LogP contribution >= 0.6 is 0 Å². The number of aryl methyl sites for hydroxylation is 2. The Hall–Kier alpha value is -4.07. The number of aromatic nitrogens is 1. The number of urea groups is 1. The van der Waals surface area contributed by atoms with Crippen LogP contribution < -0.4 is 14.8 Å². The number of rotatable bonds is 7. The lowest BCUT2D eigenvalue weighted by atomic mass is 9.91. The third-order valence-corrected chi connectivity index (χ3v) is 7.04. The van der Waals surface area contributed by atoms with Crippen LogP contribution in [-0.2, 0) is 23.3 Å². The zero-order valence-corrected chi connectivity index (χ0v) is 20.7. The van der Waals surface area contributed by atoms with Crippen LogP contribution in [0.25, 0.3) is 0 Å². The van der Waals surface area contributed by atoms with E-state index >= 15 is 0 Å². The summed E-state index contributed by atoms with van der Waals surface area (Å²) in [6.07, 6.45) is 0.839. The average molecular weight is 488 g/mol. The molecule has 8 heteroatoms. The number of ether oxygens (including phenoxy) is 2. The number of hydrogen-bond acceptors (Lipinski definition) is 5. The minimum Gasteiger partial charge on any atom is -0.486 e. The minimum absolute atomic E-state index is 0.274. The van der Waals surface area contributed by atoms with Gasteiger partial charge in [-0.2, -0.15) is 0 Å². The summed E-state index contributed by atoms with van der Waals surface area (Å²) in [4.78, 5) is 40.5. The molecular weight excluding hydrogens is 458 g/mol. The molecule has 0 saturated carbocycles. The van der Waals surface area contributed by atoms with Gasteiger partial charge in [0.25, 0.3) is 5.91 Å². The lowest BCUT2D eigenvalue weighted by Crippen LogP contribution is -2.41. The van der Waals surface area contributed by atoms with E-state index in [9.17, 15) is 14.4 Å². The number of nitrogens with zero attached hydrogens (tertiary/aromatic N) is 2. The van der Waals surface area contributed by atoms with Crippen LogP contribution in [0, 0.1) is 13.8 Å². The Morgan fingerprint density at radius 1 is 1.00 bits per heavy atom. The fourth-order valence-electron chi connectivity index (χ4n) is 4.93. The number of Topliss-reactive ketones (excluding diaryl/α,β-unsaturated/α-hetero) is 1. The van der Waals surface area contributed by atoms with Crippen LogP contribution in [0.1, 0.15) is 39.8 Å². The molecule has 0 radical (unpaired) electrons. The molecule has 1 N–H and O–H groups in total. The molecular formula is C28H29N3O5. The number of carbonyl (C=O) groups excluding carboxylic acids is 3. The molecule has 0 aliphatic carbocycles. The second-order valence-corrected chi connectivity index (χ2v) is 9.40. The summed E-state index contributed by atoms with van der Waals surface area (Å²) in [6.45, 7) is 6.78. The van der Waals surface area contributed by atoms with Crippen molar-refractivity contribution in [2.45, 2.75) is 39.3 Å². The summed E-state index contributed by atoms with van der Waals surface area (Å²) in [5.41, 5.74) is 2.80. The smallest absolute Gasteiger partial charge is 0.325 e. The van der Waals surface area contributed by atoms with Crippen molar-refractivity contribution in [2.75, 3.05) is 19.8 Å². The van der Waals surface area contributed by atoms with Crippen LogP contribution in [0.3, 0.4) is 0 Å². The highest BCUT2D eigenvalue weighted by Crippen LogP contribution is 2.37. The van der Waals surface area contributed by atoms with E-state index in [1.54, 1.807) is 25.1 Å². The maximum Gasteiger partial charge on any atom is 0.325 e. The highest BCUT2D eigenvalue weighted by molar-refractivity contribution is 6.11. The van der Waals surface area contributed by atoms with E-state index in [0.717, 1.165) is 29.3 Å². The number of fused-ring (bicyclic) bond motifs is 1. The predicted octanol–water partition coefficient (Wildman–Crippen LogP) is 3.77. The topological polar surface area (TPSA) is 89.9 Å². The van der Waals surface area contributed by atoms with Gasteiger partial charge in [-0.25, -0.2) is 4.79 Å². The van der Waals surface area contributed by atoms with Crippen molar-refractivity contribution < 1.29 is 23.9 Å². The standard InChI is InChI=1S/C28H29N3O5/c1-18-15-22(19(2)30(18)12-11-20-7-5-4-6-8-20)23(32)17-31-26(33)28(3,29-27(31)34)21-9-10-24-25(16-21)36-14-13-35-24/h4-10,15-16H,11-14,17H2,1-3H3,(H,29,34). The molecule has 1 aromatic heterocycles. The monoisotopic (exact) mass is 487 g/mol. The van der Waals surface area contributed by atoms with Crippen LogP contribution in [0.4, 0.5) is 4.79 Å². The molecule has 5 rings (SSSR count). The summed E-state index contributed by atoms with van der Waals surface area (Å²) in [7, 11) is 0. The second-order valence-electron chi connectivity index (χ2n) is 9.40. The van der Waals surface area contributed by atoms with Crippen LogP contribution in [0.15, 0.2) is 54.6 Å². The van der Waals surface area contributed by atoms with Gasteiger partial charge in [0.05, 0.1) is 6.54 Å². The molecule has 1 unspecified atom stereocenters. The number of benzene rings is 2. The third kappa shape index (κ3) is 4.12. The van der Waals surface area contributed by atoms with E-state index in [-0.39, 0.29) is 12.3 Å². The Morgan fingerprint density at radius 3 is 2.47 bits per heavy atom. The van der Waals surface area contributed by atoms with Gasteiger partial charge in [0.15, 0.2) is 17.3 Å². The van der Waals surface area contributed by atoms with E-state index in [1.165, 1.54) is 5.56 Å². The van der Waals surface area contributed by atoms with Crippen molar-refractivity contribution >= 4 is 17.7 Å². The molecule has 0 bridgehead atoms. The number of amides is 3. The summed E-state index contributed by atoms with van der Waals surface area (Å²) in [5, 5.41) is 2.76. The Morgan fingerprint density at radius 2 is 1.72 bits per heavy atom. The maximum atomic E-state index is 13.4. The van der Waals surface area contributed by atoms with Gasteiger partial charge in [-0.1, -0.05) is 36.4 Å². The molecule has 2 aliphatic heterocycles. The zero-order valence-electron chi connectivity index (χ0n) is 20.7. The molecule has 3 aromatic rings. The van der Waals surface area contributed by atoms with Crippen molar-refractivity contribution in [3.63, 3.8) is 0 Å². The molecule has 2 aromatic carbocycles. The first-order valence-electron chi connectivity index (χ1n) is 12.1. The van der Waals surface area contributed by atoms with E-state index in [2.05, 4.69) is 22.0 Å². The predicted molar refractivity (Wildman–Crippen MR) is 133 cm³/mol. The number of ketones is 1. The summed E-state index contributed by atoms with van der Waals surface area (Å²) in [6, 6.07) is 16.6. The van der Waals surface area contributed by atoms with E-state index < -0.39 is 17.5 Å². The van der Waals surface area contributed by atoms with Crippen LogP contribution in [0.2, 0.25) is 0 Å². The number of nitrogens with one attached hydrogen (secondary N) is 1. The first-order chi connectivity index (χ1) is 17.3. The molecule has 8 nitrogen and oxygen atoms in total. The van der Waals surface area contributed by atoms with E-state index in [0.29, 0.717) is 35.8 Å². The van der Waals surface area contributed by atoms with Crippen molar-refractivity contribution in [1.29, 1.82) is 0 Å². The lowest BCUT2D eigenvalue weighted by Gasteiger charge is -2.25. The van der Waals surface area contributed by atoms with Gasteiger partial charge in [-0.05, 0) is 56.5 Å². The highest BCUT2D eigenvalue weighted by Gasteiger charge is 2.50. The van der Waals surface area contributed by atoms with Gasteiger partial charge in [0.1, 0.15) is 18.8 Å². The summed E-state index contributed by atoms with van der Waals surface area (Å²) in [5.74, 6) is 0.374. The van der Waals surface area contributed by atoms with Gasteiger partial charge in [-0.3, -0.25) is 14.5 Å². The number of imide groups is 1. The van der Waals surface area contributed by atoms with Crippen molar-refractivity contribution in [3.8, 4) is 11.5 Å². The van der Waals surface area contributed by atoms with Gasteiger partial charge in [-0.15, -0.1) is 0 Å². The molecule has 186 valence electrons. The SMILES string of the molecule is Cc1cc(C(=O)CN2C(=O)NC(C)(c3ccc4c(c3)OCCO4)C2=O)c(C)n1CCc1ccccc1. The molecule has 0 spiro atoms. The molecule has 1 saturated heterocycles. The minimum atomic E-state index is -1.31. The second kappa shape index (κ2) is 9.18. The van der Waals surface area contributed by atoms with Gasteiger partial charge in [0.2, 0.25) is 0 Å². The quantitative estimate of drug-likeness (QED) is 0.405. The summed E-state index contributed by atoms with van der Waals surface area (Å²) >= 11 is 0. The first kappa shape index (κ1) is 23.7. The Labute approximate surface area is 209 Å². The third-order valence-electron chi connectivity index (χ3n) is 7.04. The molecule has 1 fully saturated rings. The Balaban J connectivity index is 1.32. The number of hydrogen-bond donors (Lipinski definition) is 1. The van der Waals surface area contributed by atoms with Crippen molar-refractivity contribution in [3.05, 3.63) is 82.7 Å². The molecule has 2 aliphatic rings. The Kier molecular flexibility index (Phi) is 6.04. The van der Waals surface area contributed by atoms with Crippen LogP contribution in [0.5, 0.6) is 11.5 Å².